The van der Waals surface area contributed by atoms with Crippen molar-refractivity contribution in [2.45, 2.75) is 12.8 Å². The highest BCUT2D eigenvalue weighted by molar-refractivity contribution is 6.34. The fourth-order valence-corrected chi connectivity index (χ4v) is 3.32. The number of rotatable bonds is 7. The predicted octanol–water partition coefficient (Wildman–Crippen LogP) is 7.15. The lowest BCUT2D eigenvalue weighted by Gasteiger charge is -2.13. The van der Waals surface area contributed by atoms with E-state index >= 15 is 0 Å². The van der Waals surface area contributed by atoms with Crippen molar-refractivity contribution in [2.75, 3.05) is 12.4 Å². The number of nitrogens with zero attached hydrogens (tertiary/aromatic N) is 1. The molecule has 0 saturated heterocycles. The molecule has 0 bridgehead atoms. The molecular formula is C25H17Cl2F3N2O3. The summed E-state index contributed by atoms with van der Waals surface area (Å²) < 4.78 is 50.1. The number of carbonyl (C=O) groups is 1. The average Bonchev–Trinajstić information content (AvgIpc) is 2.82. The van der Waals surface area contributed by atoms with E-state index in [1.165, 1.54) is 13.2 Å². The zero-order chi connectivity index (χ0) is 25.6. The number of halogens is 5. The minimum absolute atomic E-state index is 0.108. The number of hydrogen-bond acceptors (Lipinski definition) is 4. The predicted molar refractivity (Wildman–Crippen MR) is 127 cm³/mol. The van der Waals surface area contributed by atoms with Crippen molar-refractivity contribution in [2.24, 2.45) is 0 Å². The molecule has 0 spiro atoms. The monoisotopic (exact) mass is 520 g/mol. The first-order valence-corrected chi connectivity index (χ1v) is 10.7. The number of alkyl halides is 3. The summed E-state index contributed by atoms with van der Waals surface area (Å²) in [7, 11) is 1.46. The summed E-state index contributed by atoms with van der Waals surface area (Å²) in [5.41, 5.74) is -0.462. The molecule has 0 unspecified atom stereocenters. The maximum Gasteiger partial charge on any atom is 0.416 e. The Hall–Kier alpha value is -3.67. The summed E-state index contributed by atoms with van der Waals surface area (Å²) in [6, 6.07) is 16.1. The smallest absolute Gasteiger partial charge is 0.416 e. The van der Waals surface area contributed by atoms with Gasteiger partial charge in [0.05, 0.1) is 23.4 Å². The Morgan fingerprint density at radius 1 is 1.06 bits per heavy atom. The fraction of sp³-hybridized carbons (Fsp3) is 0.120. The second kappa shape index (κ2) is 11.2. The molecule has 0 fully saturated rings. The average molecular weight is 521 g/mol. The molecule has 0 atom stereocenters. The highest BCUT2D eigenvalue weighted by atomic mass is 35.5. The van der Waals surface area contributed by atoms with Gasteiger partial charge in [0, 0.05) is 10.6 Å². The first-order valence-electron chi connectivity index (χ1n) is 9.96. The van der Waals surface area contributed by atoms with E-state index in [9.17, 15) is 23.2 Å². The van der Waals surface area contributed by atoms with Crippen molar-refractivity contribution < 1.29 is 27.4 Å². The Kier molecular flexibility index (Phi) is 8.28. The van der Waals surface area contributed by atoms with E-state index in [0.29, 0.717) is 28.2 Å². The normalized spacial score (nSPS) is 11.5. The van der Waals surface area contributed by atoms with Crippen molar-refractivity contribution in [3.8, 4) is 17.6 Å². The molecular weight excluding hydrogens is 504 g/mol. The van der Waals surface area contributed by atoms with Gasteiger partial charge in [0.25, 0.3) is 5.91 Å². The van der Waals surface area contributed by atoms with Crippen LogP contribution in [0.15, 0.2) is 66.2 Å². The molecule has 3 rings (SSSR count). The summed E-state index contributed by atoms with van der Waals surface area (Å²) >= 11 is 12.1. The van der Waals surface area contributed by atoms with Crippen molar-refractivity contribution in [1.82, 2.24) is 0 Å². The molecule has 10 heteroatoms. The van der Waals surface area contributed by atoms with E-state index in [1.807, 2.05) is 6.07 Å². The fourth-order valence-electron chi connectivity index (χ4n) is 2.97. The van der Waals surface area contributed by atoms with Gasteiger partial charge in [-0.3, -0.25) is 4.79 Å². The minimum Gasteiger partial charge on any atom is -0.493 e. The summed E-state index contributed by atoms with van der Waals surface area (Å²) in [5, 5.41) is 12.1. The molecule has 180 valence electrons. The van der Waals surface area contributed by atoms with Crippen LogP contribution in [-0.4, -0.2) is 13.0 Å². The van der Waals surface area contributed by atoms with Crippen LogP contribution < -0.4 is 14.8 Å². The van der Waals surface area contributed by atoms with Gasteiger partial charge in [-0.05, 0) is 48.0 Å². The van der Waals surface area contributed by atoms with Gasteiger partial charge < -0.3 is 14.8 Å². The van der Waals surface area contributed by atoms with Crippen molar-refractivity contribution in [3.63, 3.8) is 0 Å². The highest BCUT2D eigenvalue weighted by Gasteiger charge is 2.31. The lowest BCUT2D eigenvalue weighted by molar-refractivity contribution is -0.137. The Morgan fingerprint density at radius 2 is 1.80 bits per heavy atom. The molecule has 0 aromatic heterocycles. The molecule has 0 aliphatic rings. The SMILES string of the molecule is COc1ccc(/C=C(\C#N)C(=O)Nc2cc(C(F)(F)F)ccc2Cl)cc1OCc1ccccc1Cl. The number of methoxy groups -OCH3 is 1. The van der Waals surface area contributed by atoms with Gasteiger partial charge in [-0.2, -0.15) is 18.4 Å². The number of hydrogen-bond donors (Lipinski definition) is 1. The van der Waals surface area contributed by atoms with E-state index in [4.69, 9.17) is 32.7 Å². The number of carbonyl (C=O) groups excluding carboxylic acids is 1. The Bertz CT molecular complexity index is 1320. The van der Waals surface area contributed by atoms with Crippen LogP contribution in [0.3, 0.4) is 0 Å². The van der Waals surface area contributed by atoms with Crippen molar-refractivity contribution in [1.29, 1.82) is 5.26 Å². The highest BCUT2D eigenvalue weighted by Crippen LogP contribution is 2.34. The number of nitrogens with one attached hydrogen (secondary N) is 1. The largest absolute Gasteiger partial charge is 0.493 e. The maximum absolute atomic E-state index is 13.0. The summed E-state index contributed by atoms with van der Waals surface area (Å²) in [6.07, 6.45) is -3.36. The Morgan fingerprint density at radius 3 is 2.46 bits per heavy atom. The third-order valence-electron chi connectivity index (χ3n) is 4.75. The zero-order valence-electron chi connectivity index (χ0n) is 18.1. The van der Waals surface area contributed by atoms with Crippen LogP contribution >= 0.6 is 23.2 Å². The maximum atomic E-state index is 13.0. The first kappa shape index (κ1) is 25.9. The van der Waals surface area contributed by atoms with Gasteiger partial charge in [-0.15, -0.1) is 0 Å². The standard InChI is InChI=1S/C25H17Cl2F3N2O3/c1-34-22-9-6-15(11-23(22)35-14-16-4-2-3-5-19(16)26)10-17(13-31)24(33)32-21-12-18(25(28,29)30)7-8-20(21)27/h2-12H,14H2,1H3,(H,32,33)/b17-10+. The Balaban J connectivity index is 1.84. The van der Waals surface area contributed by atoms with Crippen LogP contribution in [0, 0.1) is 11.3 Å². The lowest BCUT2D eigenvalue weighted by Crippen LogP contribution is -2.15. The van der Waals surface area contributed by atoms with E-state index < -0.39 is 17.6 Å². The van der Waals surface area contributed by atoms with E-state index in [1.54, 1.807) is 42.5 Å². The van der Waals surface area contributed by atoms with Gasteiger partial charge in [0.2, 0.25) is 0 Å². The van der Waals surface area contributed by atoms with Gasteiger partial charge in [-0.25, -0.2) is 0 Å². The second-order valence-corrected chi connectivity index (χ2v) is 7.92. The number of ether oxygens (including phenoxy) is 2. The summed E-state index contributed by atoms with van der Waals surface area (Å²) in [4.78, 5) is 12.6. The number of anilines is 1. The van der Waals surface area contributed by atoms with Gasteiger partial charge in [-0.1, -0.05) is 47.5 Å². The second-order valence-electron chi connectivity index (χ2n) is 7.11. The molecule has 5 nitrogen and oxygen atoms in total. The molecule has 0 aliphatic heterocycles. The van der Waals surface area contributed by atoms with Gasteiger partial charge >= 0.3 is 6.18 Å². The number of amides is 1. The van der Waals surface area contributed by atoms with E-state index in [2.05, 4.69) is 5.32 Å². The molecule has 0 radical (unpaired) electrons. The zero-order valence-corrected chi connectivity index (χ0v) is 19.6. The van der Waals surface area contributed by atoms with Crippen molar-refractivity contribution >= 4 is 40.9 Å². The molecule has 0 heterocycles. The summed E-state index contributed by atoms with van der Waals surface area (Å²) in [5.74, 6) is -0.184. The third kappa shape index (κ3) is 6.69. The van der Waals surface area contributed by atoms with Crippen LogP contribution in [-0.2, 0) is 17.6 Å². The van der Waals surface area contributed by atoms with Crippen LogP contribution in [0.5, 0.6) is 11.5 Å². The molecule has 0 saturated carbocycles. The van der Waals surface area contributed by atoms with Crippen LogP contribution in [0.2, 0.25) is 10.0 Å². The number of benzene rings is 3. The Labute approximate surface area is 209 Å². The molecule has 0 aliphatic carbocycles. The molecule has 3 aromatic carbocycles. The van der Waals surface area contributed by atoms with Crippen molar-refractivity contribution in [3.05, 3.63) is 93.0 Å². The molecule has 1 amide bonds. The molecule has 35 heavy (non-hydrogen) atoms. The van der Waals surface area contributed by atoms with E-state index in [0.717, 1.165) is 17.7 Å². The number of nitriles is 1. The minimum atomic E-state index is -4.62. The third-order valence-corrected chi connectivity index (χ3v) is 5.44. The molecule has 1 N–H and O–H groups in total. The topological polar surface area (TPSA) is 71.3 Å². The quantitative estimate of drug-likeness (QED) is 0.265. The van der Waals surface area contributed by atoms with Crippen LogP contribution in [0.1, 0.15) is 16.7 Å². The summed E-state index contributed by atoms with van der Waals surface area (Å²) in [6.45, 7) is 0.142. The van der Waals surface area contributed by atoms with E-state index in [-0.39, 0.29) is 22.9 Å². The van der Waals surface area contributed by atoms with Gasteiger partial charge in [0.15, 0.2) is 11.5 Å². The van der Waals surface area contributed by atoms with Gasteiger partial charge in [0.1, 0.15) is 18.2 Å². The first-order chi connectivity index (χ1) is 16.6. The molecule has 3 aromatic rings. The lowest BCUT2D eigenvalue weighted by atomic mass is 10.1. The van der Waals surface area contributed by atoms with Crippen LogP contribution in [0.4, 0.5) is 18.9 Å². The van der Waals surface area contributed by atoms with Crippen LogP contribution in [0.25, 0.3) is 6.08 Å².